The highest BCUT2D eigenvalue weighted by Crippen LogP contribution is 2.49. The van der Waals surface area contributed by atoms with Crippen LogP contribution >= 0.6 is 0 Å². The smallest absolute Gasteiger partial charge is 0.224 e. The van der Waals surface area contributed by atoms with Gasteiger partial charge >= 0.3 is 0 Å². The third-order valence-electron chi connectivity index (χ3n) is 5.29. The molecule has 2 aromatic carbocycles. The van der Waals surface area contributed by atoms with Crippen molar-refractivity contribution < 1.29 is 9.63 Å². The number of benzene rings is 2. The van der Waals surface area contributed by atoms with Crippen molar-refractivity contribution in [3.8, 4) is 0 Å². The summed E-state index contributed by atoms with van der Waals surface area (Å²) in [5.41, 5.74) is 4.93. The molecule has 128 valence electrons. The molecule has 0 spiro atoms. The Balaban J connectivity index is 2.10. The van der Waals surface area contributed by atoms with E-state index in [0.717, 1.165) is 33.7 Å². The summed E-state index contributed by atoms with van der Waals surface area (Å²) >= 11 is 0. The maximum atomic E-state index is 12.4. The van der Waals surface area contributed by atoms with Gasteiger partial charge in [-0.2, -0.15) is 0 Å². The number of nitrogens with zero attached hydrogens (tertiary/aromatic N) is 2. The predicted octanol–water partition coefficient (Wildman–Crippen LogP) is 4.08. The van der Waals surface area contributed by atoms with Gasteiger partial charge in [0, 0.05) is 30.7 Å². The van der Waals surface area contributed by atoms with Crippen LogP contribution in [0.3, 0.4) is 0 Å². The third-order valence-corrected chi connectivity index (χ3v) is 5.29. The Bertz CT molecular complexity index is 898. The largest absolute Gasteiger partial charge is 0.404 e. The molecule has 0 atom stereocenters. The van der Waals surface area contributed by atoms with E-state index >= 15 is 0 Å². The molecule has 0 saturated heterocycles. The maximum absolute atomic E-state index is 12.4. The lowest BCUT2D eigenvalue weighted by Crippen LogP contribution is -2.37. The van der Waals surface area contributed by atoms with E-state index in [4.69, 9.17) is 4.84 Å². The van der Waals surface area contributed by atoms with Gasteiger partial charge in [-0.25, -0.2) is 0 Å². The number of hydroxylamine groups is 2. The molecule has 0 fully saturated rings. The van der Waals surface area contributed by atoms with Gasteiger partial charge in [-0.3, -0.25) is 4.79 Å². The summed E-state index contributed by atoms with van der Waals surface area (Å²) in [6, 6.07) is 16.3. The Morgan fingerprint density at radius 3 is 2.40 bits per heavy atom. The van der Waals surface area contributed by atoms with Crippen LogP contribution in [0.15, 0.2) is 48.5 Å². The van der Waals surface area contributed by atoms with Crippen LogP contribution in [0.1, 0.15) is 37.5 Å². The van der Waals surface area contributed by atoms with Crippen LogP contribution in [0.2, 0.25) is 0 Å². The molecule has 2 aliphatic rings. The first kappa shape index (κ1) is 15.9. The highest BCUT2D eigenvalue weighted by Gasteiger charge is 2.43. The number of likely N-dealkylation sites (N-methyl/N-ethyl adjacent to an activating group) is 1. The number of carbonyl (C=O) groups is 1. The van der Waals surface area contributed by atoms with Crippen molar-refractivity contribution in [2.45, 2.75) is 32.9 Å². The second-order valence-electron chi connectivity index (χ2n) is 7.13. The zero-order valence-electron chi connectivity index (χ0n) is 15.0. The number of fused-ring (bicyclic) bond motifs is 4. The lowest BCUT2D eigenvalue weighted by atomic mass is 9.83. The number of amides is 1. The molecular formula is C21H22N2O2. The Labute approximate surface area is 148 Å². The average molecular weight is 334 g/mol. The highest BCUT2D eigenvalue weighted by molar-refractivity contribution is 6.02. The van der Waals surface area contributed by atoms with Crippen molar-refractivity contribution in [1.82, 2.24) is 5.06 Å². The standard InChI is InChI=1S/C21H22N2O2/c1-14(24)23-13-15-9-5-6-10-16(15)20-19(21(2,3)22(4)25-20)17-11-7-8-12-18(17)23/h5-12H,13H2,1-4H3. The van der Waals surface area contributed by atoms with E-state index in [1.54, 1.807) is 6.92 Å². The predicted molar refractivity (Wildman–Crippen MR) is 99.5 cm³/mol. The van der Waals surface area contributed by atoms with Gasteiger partial charge in [-0.15, -0.1) is 5.06 Å². The molecule has 2 heterocycles. The minimum absolute atomic E-state index is 0.0383. The Hall–Kier alpha value is -2.59. The van der Waals surface area contributed by atoms with Gasteiger partial charge in [0.15, 0.2) is 5.76 Å². The second-order valence-corrected chi connectivity index (χ2v) is 7.13. The zero-order valence-corrected chi connectivity index (χ0v) is 15.0. The SMILES string of the molecule is CC(=O)N1Cc2ccccc2C2=C(c3ccccc31)C(C)(C)N(C)O2. The fraction of sp³-hybridized carbons (Fsp3) is 0.286. The quantitative estimate of drug-likeness (QED) is 0.728. The number of anilines is 1. The van der Waals surface area contributed by atoms with E-state index in [2.05, 4.69) is 32.0 Å². The normalized spacial score (nSPS) is 18.6. The molecule has 4 rings (SSSR count). The number of carbonyl (C=O) groups excluding carboxylic acids is 1. The fourth-order valence-electron chi connectivity index (χ4n) is 3.70. The van der Waals surface area contributed by atoms with Crippen molar-refractivity contribution >= 4 is 22.9 Å². The summed E-state index contributed by atoms with van der Waals surface area (Å²) in [4.78, 5) is 20.5. The van der Waals surface area contributed by atoms with Gasteiger partial charge in [0.05, 0.1) is 17.8 Å². The zero-order chi connectivity index (χ0) is 17.8. The monoisotopic (exact) mass is 334 g/mol. The summed E-state index contributed by atoms with van der Waals surface area (Å²) in [7, 11) is 1.96. The maximum Gasteiger partial charge on any atom is 0.224 e. The minimum Gasteiger partial charge on any atom is -0.404 e. The molecule has 1 amide bonds. The molecule has 4 nitrogen and oxygen atoms in total. The van der Waals surface area contributed by atoms with E-state index in [9.17, 15) is 4.79 Å². The van der Waals surface area contributed by atoms with Crippen molar-refractivity contribution in [2.75, 3.05) is 11.9 Å². The van der Waals surface area contributed by atoms with Crippen molar-refractivity contribution in [1.29, 1.82) is 0 Å². The van der Waals surface area contributed by atoms with Gasteiger partial charge in [0.25, 0.3) is 0 Å². The molecule has 0 aliphatic carbocycles. The van der Waals surface area contributed by atoms with Crippen LogP contribution in [0.5, 0.6) is 0 Å². The summed E-state index contributed by atoms with van der Waals surface area (Å²) in [6.45, 7) is 6.45. The molecule has 0 saturated carbocycles. The molecule has 2 aromatic rings. The van der Waals surface area contributed by atoms with E-state index in [1.807, 2.05) is 47.3 Å². The molecule has 0 radical (unpaired) electrons. The van der Waals surface area contributed by atoms with Gasteiger partial charge in [-0.1, -0.05) is 42.5 Å². The second kappa shape index (κ2) is 5.46. The van der Waals surface area contributed by atoms with Crippen LogP contribution in [0.25, 0.3) is 11.3 Å². The fourth-order valence-corrected chi connectivity index (χ4v) is 3.70. The van der Waals surface area contributed by atoms with Gasteiger partial charge in [-0.05, 0) is 25.5 Å². The first-order valence-electron chi connectivity index (χ1n) is 8.53. The molecule has 4 heteroatoms. The Morgan fingerprint density at radius 2 is 1.68 bits per heavy atom. The topological polar surface area (TPSA) is 32.8 Å². The van der Waals surface area contributed by atoms with Crippen LogP contribution in [-0.4, -0.2) is 23.6 Å². The van der Waals surface area contributed by atoms with Crippen molar-refractivity contribution in [3.05, 3.63) is 65.2 Å². The number of para-hydroxylation sites is 1. The Morgan fingerprint density at radius 1 is 1.04 bits per heavy atom. The number of rotatable bonds is 0. The minimum atomic E-state index is -0.307. The summed E-state index contributed by atoms with van der Waals surface area (Å²) in [5.74, 6) is 0.926. The van der Waals surface area contributed by atoms with E-state index in [1.165, 1.54) is 0 Å². The van der Waals surface area contributed by atoms with Crippen LogP contribution < -0.4 is 4.90 Å². The van der Waals surface area contributed by atoms with Gasteiger partial charge in [0.1, 0.15) is 0 Å². The lowest BCUT2D eigenvalue weighted by molar-refractivity contribution is -0.116. The van der Waals surface area contributed by atoms with Crippen LogP contribution in [0, 0.1) is 0 Å². The first-order chi connectivity index (χ1) is 11.9. The van der Waals surface area contributed by atoms with Crippen molar-refractivity contribution in [3.63, 3.8) is 0 Å². The molecule has 25 heavy (non-hydrogen) atoms. The van der Waals surface area contributed by atoms with Crippen LogP contribution in [0.4, 0.5) is 5.69 Å². The first-order valence-corrected chi connectivity index (χ1v) is 8.53. The number of hydrogen-bond acceptors (Lipinski definition) is 3. The van der Waals surface area contributed by atoms with Crippen molar-refractivity contribution in [2.24, 2.45) is 0 Å². The molecule has 2 aliphatic heterocycles. The van der Waals surface area contributed by atoms with E-state index in [0.29, 0.717) is 6.54 Å². The third kappa shape index (κ3) is 2.29. The Kier molecular flexibility index (Phi) is 3.48. The molecule has 0 aromatic heterocycles. The van der Waals surface area contributed by atoms with E-state index < -0.39 is 0 Å². The molecule has 0 unspecified atom stereocenters. The van der Waals surface area contributed by atoms with Gasteiger partial charge in [0.2, 0.25) is 5.91 Å². The average Bonchev–Trinajstić information content (AvgIpc) is 2.81. The molecule has 0 bridgehead atoms. The van der Waals surface area contributed by atoms with Crippen LogP contribution in [-0.2, 0) is 16.2 Å². The summed E-state index contributed by atoms with van der Waals surface area (Å²) in [5, 5.41) is 1.90. The number of hydrogen-bond donors (Lipinski definition) is 0. The summed E-state index contributed by atoms with van der Waals surface area (Å²) in [6.07, 6.45) is 0. The van der Waals surface area contributed by atoms with E-state index in [-0.39, 0.29) is 11.4 Å². The molecular weight excluding hydrogens is 312 g/mol. The summed E-state index contributed by atoms with van der Waals surface area (Å²) < 4.78 is 0. The lowest BCUT2D eigenvalue weighted by Gasteiger charge is -2.31. The molecule has 0 N–H and O–H groups in total. The van der Waals surface area contributed by atoms with Gasteiger partial charge < -0.3 is 9.74 Å². The highest BCUT2D eigenvalue weighted by atomic mass is 16.7.